The fourth-order valence-corrected chi connectivity index (χ4v) is 9.93. The molecule has 0 saturated carbocycles. The molecule has 0 saturated heterocycles. The zero-order chi connectivity index (χ0) is 39.6. The molecule has 0 atom stereocenters. The molecule has 0 spiro atoms. The Balaban J connectivity index is 1.06. The molecule has 12 rings (SSSR count). The first-order valence-electron chi connectivity index (χ1n) is 21.0. The minimum absolute atomic E-state index is 0.920. The number of aromatic nitrogens is 1. The van der Waals surface area contributed by atoms with Crippen molar-refractivity contribution in [3.05, 3.63) is 230 Å². The van der Waals surface area contributed by atoms with Gasteiger partial charge in [0.05, 0.1) is 16.7 Å². The monoisotopic (exact) mass is 764 g/mol. The van der Waals surface area contributed by atoms with E-state index in [1.54, 1.807) is 0 Å². The molecule has 0 N–H and O–H groups in total. The average Bonchev–Trinajstić information content (AvgIpc) is 3.65. The van der Waals surface area contributed by atoms with Crippen LogP contribution in [0.4, 0.5) is 11.4 Å². The number of anilines is 2. The summed E-state index contributed by atoms with van der Waals surface area (Å²) in [6, 6.07) is 75.7. The standard InChI is InChI=1S/C58H40N2/c1-2-21-44(22-3-1)60-55-30-13-12-29-52(55)58-56(60)38-42-18-6-9-26-49(42)57(58)43-20-14-23-46(36-43)59(54-31-15-19-39-16-4-8-25-48(39)54)45-34-32-40(33-35-45)53-37-41-17-5-7-24-47(41)50-27-10-11-28-51(50)53/h1-13,15-22,24-38H,14,23H2. The molecule has 0 fully saturated rings. The topological polar surface area (TPSA) is 8.17 Å². The normalized spacial score (nSPS) is 13.1. The third-order valence-electron chi connectivity index (χ3n) is 12.6. The van der Waals surface area contributed by atoms with Crippen molar-refractivity contribution in [1.29, 1.82) is 0 Å². The number of hydrogen-bond donors (Lipinski definition) is 0. The van der Waals surface area contributed by atoms with E-state index in [4.69, 9.17) is 0 Å². The lowest BCUT2D eigenvalue weighted by atomic mass is 9.89. The summed E-state index contributed by atoms with van der Waals surface area (Å²) in [4.78, 5) is 2.52. The summed E-state index contributed by atoms with van der Waals surface area (Å²) in [5.74, 6) is 0. The Morgan fingerprint density at radius 3 is 1.85 bits per heavy atom. The van der Waals surface area contributed by atoms with E-state index in [1.165, 1.54) is 104 Å². The van der Waals surface area contributed by atoms with Crippen LogP contribution in [0.3, 0.4) is 0 Å². The van der Waals surface area contributed by atoms with E-state index >= 15 is 0 Å². The maximum absolute atomic E-state index is 2.52. The van der Waals surface area contributed by atoms with E-state index in [0.29, 0.717) is 0 Å². The first-order valence-corrected chi connectivity index (χ1v) is 21.0. The van der Waals surface area contributed by atoms with Crippen LogP contribution in [-0.2, 0) is 0 Å². The van der Waals surface area contributed by atoms with Gasteiger partial charge in [0.25, 0.3) is 0 Å². The summed E-state index contributed by atoms with van der Waals surface area (Å²) in [5, 5.41) is 12.6. The van der Waals surface area contributed by atoms with Gasteiger partial charge in [-0.3, -0.25) is 0 Å². The lowest BCUT2D eigenvalue weighted by molar-refractivity contribution is 0.923. The van der Waals surface area contributed by atoms with Gasteiger partial charge in [-0.2, -0.15) is 0 Å². The van der Waals surface area contributed by atoms with Crippen LogP contribution in [0.1, 0.15) is 18.4 Å². The van der Waals surface area contributed by atoms with Gasteiger partial charge in [-0.1, -0.05) is 164 Å². The highest BCUT2D eigenvalue weighted by Gasteiger charge is 2.24. The summed E-state index contributed by atoms with van der Waals surface area (Å²) < 4.78 is 2.44. The van der Waals surface area contributed by atoms with Crippen molar-refractivity contribution in [3.8, 4) is 16.8 Å². The van der Waals surface area contributed by atoms with Gasteiger partial charge in [0.1, 0.15) is 0 Å². The van der Waals surface area contributed by atoms with E-state index in [9.17, 15) is 0 Å². The quantitative estimate of drug-likeness (QED) is 0.153. The first-order chi connectivity index (χ1) is 29.8. The van der Waals surface area contributed by atoms with Crippen LogP contribution in [0.15, 0.2) is 224 Å². The van der Waals surface area contributed by atoms with Crippen molar-refractivity contribution < 1.29 is 0 Å². The molecule has 11 aromatic rings. The van der Waals surface area contributed by atoms with Crippen molar-refractivity contribution in [2.75, 3.05) is 4.90 Å². The van der Waals surface area contributed by atoms with Gasteiger partial charge >= 0.3 is 0 Å². The molecule has 1 heterocycles. The molecular formula is C58H40N2. The summed E-state index contributed by atoms with van der Waals surface area (Å²) in [6.45, 7) is 0. The van der Waals surface area contributed by atoms with Crippen LogP contribution >= 0.6 is 0 Å². The van der Waals surface area contributed by atoms with E-state index in [2.05, 4.69) is 228 Å². The highest BCUT2D eigenvalue weighted by molar-refractivity contribution is 6.21. The highest BCUT2D eigenvalue weighted by atomic mass is 15.1. The van der Waals surface area contributed by atoms with Gasteiger partial charge in [-0.05, 0) is 127 Å². The van der Waals surface area contributed by atoms with Crippen molar-refractivity contribution >= 4 is 81.8 Å². The molecule has 2 heteroatoms. The summed E-state index contributed by atoms with van der Waals surface area (Å²) in [7, 11) is 0. The fourth-order valence-electron chi connectivity index (χ4n) is 9.93. The number of allylic oxidation sites excluding steroid dienone is 4. The van der Waals surface area contributed by atoms with Gasteiger partial charge in [0.15, 0.2) is 0 Å². The van der Waals surface area contributed by atoms with E-state index < -0.39 is 0 Å². The van der Waals surface area contributed by atoms with Gasteiger partial charge in [-0.25, -0.2) is 0 Å². The molecule has 0 unspecified atom stereocenters. The molecule has 282 valence electrons. The Kier molecular flexibility index (Phi) is 8.02. The van der Waals surface area contributed by atoms with E-state index in [1.807, 2.05) is 0 Å². The van der Waals surface area contributed by atoms with Crippen LogP contribution < -0.4 is 4.90 Å². The molecule has 0 amide bonds. The average molecular weight is 765 g/mol. The van der Waals surface area contributed by atoms with Crippen molar-refractivity contribution in [1.82, 2.24) is 4.57 Å². The SMILES string of the molecule is C1=C(c2c3ccccc3cc3c2c2ccccc2n3-c2ccccc2)C=C(N(c2ccc(-c3cc4ccccc4c4ccccc34)cc2)c2cccc3ccccc23)CC1. The molecule has 1 aliphatic rings. The minimum Gasteiger partial charge on any atom is -0.314 e. The molecular weight excluding hydrogens is 725 g/mol. The van der Waals surface area contributed by atoms with Gasteiger partial charge in [0.2, 0.25) is 0 Å². The molecule has 2 nitrogen and oxygen atoms in total. The van der Waals surface area contributed by atoms with Crippen LogP contribution in [0.25, 0.3) is 87.3 Å². The Morgan fingerprint density at radius 1 is 0.433 bits per heavy atom. The third kappa shape index (κ3) is 5.49. The second kappa shape index (κ2) is 14.0. The van der Waals surface area contributed by atoms with Crippen molar-refractivity contribution in [2.24, 2.45) is 0 Å². The second-order valence-electron chi connectivity index (χ2n) is 16.0. The summed E-state index contributed by atoms with van der Waals surface area (Å²) in [6.07, 6.45) is 6.80. The number of nitrogens with zero attached hydrogens (tertiary/aromatic N) is 2. The minimum atomic E-state index is 0.920. The number of hydrogen-bond acceptors (Lipinski definition) is 1. The molecule has 0 aliphatic heterocycles. The number of benzene rings is 10. The predicted octanol–water partition coefficient (Wildman–Crippen LogP) is 16.0. The Hall–Kier alpha value is -7.68. The number of para-hydroxylation sites is 2. The van der Waals surface area contributed by atoms with Gasteiger partial charge < -0.3 is 9.47 Å². The van der Waals surface area contributed by atoms with Crippen molar-refractivity contribution in [3.63, 3.8) is 0 Å². The lowest BCUT2D eigenvalue weighted by Crippen LogP contribution is -2.18. The van der Waals surface area contributed by atoms with E-state index in [-0.39, 0.29) is 0 Å². The van der Waals surface area contributed by atoms with Crippen LogP contribution in [0, 0.1) is 0 Å². The van der Waals surface area contributed by atoms with Crippen LogP contribution in [-0.4, -0.2) is 4.57 Å². The lowest BCUT2D eigenvalue weighted by Gasteiger charge is -2.31. The zero-order valence-corrected chi connectivity index (χ0v) is 33.1. The first kappa shape index (κ1) is 34.4. The van der Waals surface area contributed by atoms with Gasteiger partial charge in [0, 0.05) is 33.2 Å². The highest BCUT2D eigenvalue weighted by Crippen LogP contribution is 2.45. The number of fused-ring (bicyclic) bond motifs is 8. The smallest absolute Gasteiger partial charge is 0.0553 e. The summed E-state index contributed by atoms with van der Waals surface area (Å²) >= 11 is 0. The Bertz CT molecular complexity index is 3530. The largest absolute Gasteiger partial charge is 0.314 e. The maximum Gasteiger partial charge on any atom is 0.0553 e. The Morgan fingerprint density at radius 2 is 1.05 bits per heavy atom. The number of rotatable bonds is 6. The van der Waals surface area contributed by atoms with Gasteiger partial charge in [-0.15, -0.1) is 0 Å². The van der Waals surface area contributed by atoms with Crippen LogP contribution in [0.5, 0.6) is 0 Å². The molecule has 1 aliphatic carbocycles. The molecule has 60 heavy (non-hydrogen) atoms. The molecule has 0 bridgehead atoms. The predicted molar refractivity (Wildman–Crippen MR) is 257 cm³/mol. The fraction of sp³-hybridized carbons (Fsp3) is 0.0345. The molecule has 1 aromatic heterocycles. The molecule has 10 aromatic carbocycles. The molecule has 0 radical (unpaired) electrons. The maximum atomic E-state index is 2.52. The zero-order valence-electron chi connectivity index (χ0n) is 33.1. The van der Waals surface area contributed by atoms with Crippen molar-refractivity contribution in [2.45, 2.75) is 12.8 Å². The van der Waals surface area contributed by atoms with E-state index in [0.717, 1.165) is 18.5 Å². The summed E-state index contributed by atoms with van der Waals surface area (Å²) in [5.41, 5.74) is 12.2. The van der Waals surface area contributed by atoms with Crippen LogP contribution in [0.2, 0.25) is 0 Å². The Labute approximate surface area is 349 Å². The second-order valence-corrected chi connectivity index (χ2v) is 16.0. The third-order valence-corrected chi connectivity index (χ3v) is 12.6.